The van der Waals surface area contributed by atoms with Crippen molar-refractivity contribution in [3.63, 3.8) is 0 Å². The van der Waals surface area contributed by atoms with Crippen molar-refractivity contribution >= 4 is 52.3 Å². The van der Waals surface area contributed by atoms with E-state index in [4.69, 9.17) is 0 Å². The molecule has 8 rings (SSSR count). The van der Waals surface area contributed by atoms with Gasteiger partial charge in [-0.05, 0) is 87.2 Å². The molecular weight excluding hydrogens is 841 g/mol. The van der Waals surface area contributed by atoms with Crippen LogP contribution >= 0.6 is 0 Å². The third-order valence-electron chi connectivity index (χ3n) is 12.0. The molecule has 18 heteroatoms. The summed E-state index contributed by atoms with van der Waals surface area (Å²) >= 11 is 0. The lowest BCUT2D eigenvalue weighted by molar-refractivity contribution is -0.144. The Morgan fingerprint density at radius 2 is 1.65 bits per heavy atom. The zero-order valence-corrected chi connectivity index (χ0v) is 35.6. The average molecular weight is 886 g/mol. The van der Waals surface area contributed by atoms with Crippen LogP contribution in [0.3, 0.4) is 0 Å². The van der Waals surface area contributed by atoms with Crippen LogP contribution in [0.25, 0.3) is 28.0 Å². The van der Waals surface area contributed by atoms with E-state index < -0.39 is 58.9 Å². The maximum atomic E-state index is 16.2. The van der Waals surface area contributed by atoms with Gasteiger partial charge in [-0.2, -0.15) is 4.98 Å². The number of anilines is 1. The zero-order valence-electron chi connectivity index (χ0n) is 35.6. The molecule has 6 amide bonds. The molecule has 0 spiro atoms. The summed E-state index contributed by atoms with van der Waals surface area (Å²) in [7, 11) is 0. The largest absolute Gasteiger partial charge is 0.355 e. The molecule has 5 aromatic rings. The highest BCUT2D eigenvalue weighted by Crippen LogP contribution is 2.34. The number of rotatable bonds is 12. The van der Waals surface area contributed by atoms with Crippen LogP contribution in [0.5, 0.6) is 0 Å². The predicted molar refractivity (Wildman–Crippen MR) is 235 cm³/mol. The highest BCUT2D eigenvalue weighted by molar-refractivity contribution is 6.15. The maximum Gasteiger partial charge on any atom is 0.355 e. The van der Waals surface area contributed by atoms with Gasteiger partial charge in [-0.25, -0.2) is 23.1 Å². The van der Waals surface area contributed by atoms with E-state index in [-0.39, 0.29) is 102 Å². The number of halogens is 2. The number of nitrogens with zero attached hydrogens (tertiary/aromatic N) is 6. The van der Waals surface area contributed by atoms with Crippen molar-refractivity contribution < 1.29 is 37.5 Å². The van der Waals surface area contributed by atoms with Gasteiger partial charge >= 0.3 is 5.69 Å². The molecular formula is C47H45F2N9O7. The molecule has 0 saturated carbocycles. The smallest absolute Gasteiger partial charge is 0.352 e. The van der Waals surface area contributed by atoms with Gasteiger partial charge in [0.1, 0.15) is 35.2 Å². The molecule has 5 heterocycles. The first kappa shape index (κ1) is 44.1. The van der Waals surface area contributed by atoms with E-state index >= 15 is 8.78 Å². The summed E-state index contributed by atoms with van der Waals surface area (Å²) in [6, 6.07) is 15.8. The zero-order chi connectivity index (χ0) is 46.1. The molecule has 0 aliphatic carbocycles. The summed E-state index contributed by atoms with van der Waals surface area (Å²) < 4.78 is 32.5. The van der Waals surface area contributed by atoms with Gasteiger partial charge in [0.2, 0.25) is 17.7 Å². The predicted octanol–water partition coefficient (Wildman–Crippen LogP) is 3.89. The van der Waals surface area contributed by atoms with Crippen molar-refractivity contribution in [1.82, 2.24) is 40.3 Å². The molecule has 2 fully saturated rings. The summed E-state index contributed by atoms with van der Waals surface area (Å²) in [5.41, 5.74) is 0.0749. The number of piperazine rings is 1. The standard InChI is InChI=1S/C47H45F2N9O7/c1-4-37(60)55-22-23-56(27(3)25-55)41-32-24-34(49)38(30-15-7-8-17-33(30)48)53-42(32)58(47(65)54-41)40-26(2)12-11-16-31(40)43(61)51-21-10-9-20-50-39-28-13-5-6-14-29(28)45(63)57(46(39)64)35-18-19-36(59)52-44(35)62/h4-8,11-17,24,27,35,39,50H,1,9-10,18-23,25H2,2-3H3,(H,51,61)(H,52,59,62)/t27-,35?,39?/m0/s1. The molecule has 3 aromatic carbocycles. The van der Waals surface area contributed by atoms with Crippen LogP contribution < -0.4 is 26.5 Å². The molecule has 3 aliphatic rings. The number of hydrogen-bond donors (Lipinski definition) is 3. The average Bonchev–Trinajstić information content (AvgIpc) is 3.29. The van der Waals surface area contributed by atoms with Crippen molar-refractivity contribution in [3.8, 4) is 16.9 Å². The summed E-state index contributed by atoms with van der Waals surface area (Å²) in [5, 5.41) is 8.44. The Labute approximate surface area is 371 Å². The third kappa shape index (κ3) is 8.39. The van der Waals surface area contributed by atoms with E-state index in [1.165, 1.54) is 36.4 Å². The van der Waals surface area contributed by atoms with Gasteiger partial charge in [0.25, 0.3) is 17.7 Å². The number of imide groups is 2. The monoisotopic (exact) mass is 885 g/mol. The van der Waals surface area contributed by atoms with Gasteiger partial charge in [-0.15, -0.1) is 0 Å². The second-order valence-corrected chi connectivity index (χ2v) is 16.1. The van der Waals surface area contributed by atoms with E-state index in [9.17, 15) is 33.6 Å². The van der Waals surface area contributed by atoms with Crippen LogP contribution in [-0.2, 0) is 19.2 Å². The van der Waals surface area contributed by atoms with Gasteiger partial charge in [-0.1, -0.05) is 49.0 Å². The number of benzene rings is 3. The van der Waals surface area contributed by atoms with Crippen LogP contribution in [0.2, 0.25) is 0 Å². The number of fused-ring (bicyclic) bond motifs is 2. The number of aromatic nitrogens is 3. The fraction of sp³-hybridized carbons (Fsp3) is 0.298. The second-order valence-electron chi connectivity index (χ2n) is 16.1. The molecule has 3 aliphatic heterocycles. The fourth-order valence-corrected chi connectivity index (χ4v) is 8.77. The summed E-state index contributed by atoms with van der Waals surface area (Å²) in [6.07, 6.45) is 2.14. The molecule has 0 bridgehead atoms. The Morgan fingerprint density at radius 1 is 0.908 bits per heavy atom. The second kappa shape index (κ2) is 18.3. The maximum absolute atomic E-state index is 16.2. The quantitative estimate of drug-likeness (QED) is 0.0935. The van der Waals surface area contributed by atoms with Crippen LogP contribution in [0.1, 0.15) is 70.5 Å². The van der Waals surface area contributed by atoms with Gasteiger partial charge in [-0.3, -0.25) is 39.0 Å². The van der Waals surface area contributed by atoms with Gasteiger partial charge in [0.05, 0.1) is 16.6 Å². The number of para-hydroxylation sites is 1. The van der Waals surface area contributed by atoms with Crippen molar-refractivity contribution in [2.24, 2.45) is 0 Å². The van der Waals surface area contributed by atoms with E-state index in [1.807, 2.05) is 6.92 Å². The number of hydrogen-bond acceptors (Lipinski definition) is 11. The minimum Gasteiger partial charge on any atom is -0.352 e. The minimum absolute atomic E-state index is 0.00825. The van der Waals surface area contributed by atoms with Crippen molar-refractivity contribution in [2.75, 3.05) is 37.6 Å². The Kier molecular flexibility index (Phi) is 12.4. The van der Waals surface area contributed by atoms with Gasteiger partial charge in [0, 0.05) is 49.8 Å². The van der Waals surface area contributed by atoms with Crippen LogP contribution in [0.4, 0.5) is 14.6 Å². The van der Waals surface area contributed by atoms with Gasteiger partial charge < -0.3 is 20.4 Å². The number of unbranched alkanes of at least 4 members (excludes halogenated alkanes) is 1. The first-order valence-electron chi connectivity index (χ1n) is 21.3. The number of carbonyl (C=O) groups excluding carboxylic acids is 6. The Balaban J connectivity index is 1.04. The highest BCUT2D eigenvalue weighted by Gasteiger charge is 2.45. The first-order valence-corrected chi connectivity index (χ1v) is 21.3. The molecule has 3 N–H and O–H groups in total. The fourth-order valence-electron chi connectivity index (χ4n) is 8.77. The van der Waals surface area contributed by atoms with E-state index in [0.717, 1.165) is 15.5 Å². The summed E-state index contributed by atoms with van der Waals surface area (Å²) in [4.78, 5) is 106. The third-order valence-corrected chi connectivity index (χ3v) is 12.0. The molecule has 16 nitrogen and oxygen atoms in total. The molecule has 334 valence electrons. The molecule has 2 unspecified atom stereocenters. The number of carbonyl (C=O) groups is 6. The SMILES string of the molecule is C=CC(=O)N1CCN(c2nc(=O)n(-c3c(C)cccc3C(=O)NCCCCNC3C(=O)N(C4CCC(=O)NC4=O)C(=O)c4ccccc43)c3nc(-c4ccccc4F)c(F)cc23)[C@@H](C)C1. The number of aryl methyl sites for hydroxylation is 1. The summed E-state index contributed by atoms with van der Waals surface area (Å²) in [5.74, 6) is -4.67. The van der Waals surface area contributed by atoms with E-state index in [2.05, 4.69) is 32.5 Å². The Morgan fingerprint density at radius 3 is 2.38 bits per heavy atom. The Hall–Kier alpha value is -7.47. The highest BCUT2D eigenvalue weighted by atomic mass is 19.1. The topological polar surface area (TPSA) is 196 Å². The lowest BCUT2D eigenvalue weighted by Crippen LogP contribution is -2.60. The number of pyridine rings is 1. The number of nitrogens with one attached hydrogen (secondary N) is 3. The molecule has 0 radical (unpaired) electrons. The summed E-state index contributed by atoms with van der Waals surface area (Å²) in [6.45, 7) is 8.38. The van der Waals surface area contributed by atoms with Crippen molar-refractivity contribution in [2.45, 2.75) is 57.7 Å². The molecule has 2 saturated heterocycles. The Bertz CT molecular complexity index is 2870. The van der Waals surface area contributed by atoms with Crippen LogP contribution in [0.15, 0.2) is 90.2 Å². The van der Waals surface area contributed by atoms with Crippen molar-refractivity contribution in [3.05, 3.63) is 130 Å². The van der Waals surface area contributed by atoms with Crippen LogP contribution in [0, 0.1) is 18.6 Å². The van der Waals surface area contributed by atoms with Crippen molar-refractivity contribution in [1.29, 1.82) is 0 Å². The number of piperidine rings is 1. The molecule has 65 heavy (non-hydrogen) atoms. The van der Waals surface area contributed by atoms with Gasteiger partial charge in [0.15, 0.2) is 5.65 Å². The molecule has 3 atom stereocenters. The van der Waals surface area contributed by atoms with E-state index in [0.29, 0.717) is 24.0 Å². The lowest BCUT2D eigenvalue weighted by atomic mass is 9.91. The van der Waals surface area contributed by atoms with Crippen LogP contribution in [-0.4, -0.2) is 105 Å². The normalized spacial score (nSPS) is 18.7. The van der Waals surface area contributed by atoms with E-state index in [1.54, 1.807) is 53.1 Å². The number of amides is 6. The minimum atomic E-state index is -1.12. The molecule has 2 aromatic heterocycles. The lowest BCUT2D eigenvalue weighted by Gasteiger charge is -2.40. The first-order chi connectivity index (χ1) is 31.3.